The van der Waals surface area contributed by atoms with E-state index >= 15 is 0 Å². The van der Waals surface area contributed by atoms with Crippen LogP contribution in [0.4, 0.5) is 5.69 Å². The lowest BCUT2D eigenvalue weighted by Crippen LogP contribution is -2.17. The van der Waals surface area contributed by atoms with Crippen LogP contribution in [0.5, 0.6) is 0 Å². The third-order valence-electron chi connectivity index (χ3n) is 4.19. The Morgan fingerprint density at radius 1 is 1.25 bits per heavy atom. The van der Waals surface area contributed by atoms with E-state index in [1.165, 1.54) is 0 Å². The number of nitrogens with zero attached hydrogens (tertiary/aromatic N) is 2. The van der Waals surface area contributed by atoms with Gasteiger partial charge in [-0.25, -0.2) is 0 Å². The minimum atomic E-state index is -0.262. The Kier molecular flexibility index (Phi) is 4.20. The molecule has 0 bridgehead atoms. The topological polar surface area (TPSA) is 56.0 Å². The standard InChI is InChI=1S/C18H18ClN3O2/c1-4-22-8-7-15-13(18(22)24)10-16(21(15)3)17(23)20-14-6-5-12(19)9-11(14)2/h5-10H,4H2,1-3H3,(H,20,23). The SMILES string of the molecule is CCn1ccc2c(cc(C(=O)Nc3ccc(Cl)cc3C)n2C)c1=O. The van der Waals surface area contributed by atoms with Gasteiger partial charge >= 0.3 is 0 Å². The fourth-order valence-corrected chi connectivity index (χ4v) is 3.02. The van der Waals surface area contributed by atoms with Gasteiger partial charge in [-0.2, -0.15) is 0 Å². The van der Waals surface area contributed by atoms with Crippen LogP contribution in [0.2, 0.25) is 5.02 Å². The fourth-order valence-electron chi connectivity index (χ4n) is 2.79. The second kappa shape index (κ2) is 6.17. The summed E-state index contributed by atoms with van der Waals surface area (Å²) in [4.78, 5) is 25.0. The number of halogens is 1. The van der Waals surface area contributed by atoms with Crippen LogP contribution in [-0.2, 0) is 13.6 Å². The molecule has 1 N–H and O–H groups in total. The largest absolute Gasteiger partial charge is 0.339 e. The Hall–Kier alpha value is -2.53. The van der Waals surface area contributed by atoms with Gasteiger partial charge in [-0.1, -0.05) is 11.6 Å². The molecule has 0 saturated carbocycles. The highest BCUT2D eigenvalue weighted by atomic mass is 35.5. The zero-order valence-corrected chi connectivity index (χ0v) is 14.5. The van der Waals surface area contributed by atoms with E-state index in [4.69, 9.17) is 11.6 Å². The van der Waals surface area contributed by atoms with Gasteiger partial charge in [0.05, 0.1) is 10.9 Å². The number of hydrogen-bond donors (Lipinski definition) is 1. The molecule has 2 aromatic heterocycles. The first kappa shape index (κ1) is 16.3. The lowest BCUT2D eigenvalue weighted by molar-refractivity contribution is 0.101. The molecule has 0 fully saturated rings. The zero-order chi connectivity index (χ0) is 17.4. The van der Waals surface area contributed by atoms with Crippen LogP contribution in [0.25, 0.3) is 10.9 Å². The van der Waals surface area contributed by atoms with E-state index in [2.05, 4.69) is 5.32 Å². The van der Waals surface area contributed by atoms with Crippen LogP contribution in [0.3, 0.4) is 0 Å². The fraction of sp³-hybridized carbons (Fsp3) is 0.222. The first-order valence-corrected chi connectivity index (χ1v) is 8.06. The van der Waals surface area contributed by atoms with Crippen molar-refractivity contribution in [2.24, 2.45) is 7.05 Å². The molecule has 124 valence electrons. The molecule has 1 amide bonds. The van der Waals surface area contributed by atoms with Crippen molar-refractivity contribution in [1.82, 2.24) is 9.13 Å². The average Bonchev–Trinajstić information content (AvgIpc) is 2.88. The van der Waals surface area contributed by atoms with Crippen molar-refractivity contribution in [3.05, 3.63) is 63.2 Å². The van der Waals surface area contributed by atoms with Gasteiger partial charge in [0.1, 0.15) is 5.69 Å². The van der Waals surface area contributed by atoms with E-state index in [1.807, 2.05) is 19.9 Å². The predicted molar refractivity (Wildman–Crippen MR) is 97.0 cm³/mol. The van der Waals surface area contributed by atoms with Crippen LogP contribution < -0.4 is 10.9 Å². The van der Waals surface area contributed by atoms with Crippen LogP contribution in [0, 0.1) is 6.92 Å². The number of carbonyl (C=O) groups excluding carboxylic acids is 1. The molecule has 0 unspecified atom stereocenters. The highest BCUT2D eigenvalue weighted by Crippen LogP contribution is 2.21. The summed E-state index contributed by atoms with van der Waals surface area (Å²) < 4.78 is 3.35. The normalized spacial score (nSPS) is 11.0. The van der Waals surface area contributed by atoms with Gasteiger partial charge in [0.15, 0.2) is 0 Å². The number of carbonyl (C=O) groups is 1. The van der Waals surface area contributed by atoms with Gasteiger partial charge in [-0.05, 0) is 49.7 Å². The molecule has 0 aliphatic rings. The van der Waals surface area contributed by atoms with Gasteiger partial charge in [0.25, 0.3) is 11.5 Å². The second-order valence-corrected chi connectivity index (χ2v) is 6.14. The number of anilines is 1. The molecule has 5 nitrogen and oxygen atoms in total. The highest BCUT2D eigenvalue weighted by molar-refractivity contribution is 6.30. The summed E-state index contributed by atoms with van der Waals surface area (Å²) in [5.74, 6) is -0.262. The van der Waals surface area contributed by atoms with Crippen molar-refractivity contribution < 1.29 is 4.79 Å². The number of amides is 1. The number of benzene rings is 1. The molecule has 24 heavy (non-hydrogen) atoms. The maximum absolute atomic E-state index is 12.6. The van der Waals surface area contributed by atoms with Gasteiger partial charge in [-0.15, -0.1) is 0 Å². The quantitative estimate of drug-likeness (QED) is 0.790. The van der Waals surface area contributed by atoms with Crippen molar-refractivity contribution in [2.75, 3.05) is 5.32 Å². The lowest BCUT2D eigenvalue weighted by Gasteiger charge is -2.09. The van der Waals surface area contributed by atoms with E-state index in [9.17, 15) is 9.59 Å². The zero-order valence-electron chi connectivity index (χ0n) is 13.8. The third-order valence-corrected chi connectivity index (χ3v) is 4.43. The number of rotatable bonds is 3. The molecule has 0 aliphatic heterocycles. The monoisotopic (exact) mass is 343 g/mol. The molecule has 0 aliphatic carbocycles. The Balaban J connectivity index is 2.02. The van der Waals surface area contributed by atoms with Crippen molar-refractivity contribution in [3.8, 4) is 0 Å². The summed E-state index contributed by atoms with van der Waals surface area (Å²) in [6.07, 6.45) is 1.75. The van der Waals surface area contributed by atoms with Gasteiger partial charge in [0, 0.05) is 30.5 Å². The van der Waals surface area contributed by atoms with Crippen LogP contribution >= 0.6 is 11.6 Å². The van der Waals surface area contributed by atoms with Gasteiger partial charge in [-0.3, -0.25) is 9.59 Å². The van der Waals surface area contributed by atoms with Crippen LogP contribution in [0.15, 0.2) is 41.3 Å². The van der Waals surface area contributed by atoms with Gasteiger partial charge < -0.3 is 14.5 Å². The maximum Gasteiger partial charge on any atom is 0.272 e. The van der Waals surface area contributed by atoms with E-state index in [1.54, 1.807) is 46.6 Å². The first-order chi connectivity index (χ1) is 11.4. The number of fused-ring (bicyclic) bond motifs is 1. The smallest absolute Gasteiger partial charge is 0.272 e. The number of aromatic nitrogens is 2. The summed E-state index contributed by atoms with van der Waals surface area (Å²) in [5, 5.41) is 4.04. The first-order valence-electron chi connectivity index (χ1n) is 7.68. The predicted octanol–water partition coefficient (Wildman–Crippen LogP) is 3.57. The Bertz CT molecular complexity index is 1000. The molecule has 2 heterocycles. The summed E-state index contributed by atoms with van der Waals surface area (Å²) >= 11 is 5.94. The van der Waals surface area contributed by atoms with Crippen molar-refractivity contribution in [1.29, 1.82) is 0 Å². The van der Waals surface area contributed by atoms with Crippen molar-refractivity contribution in [2.45, 2.75) is 20.4 Å². The second-order valence-electron chi connectivity index (χ2n) is 5.71. The number of pyridine rings is 1. The minimum Gasteiger partial charge on any atom is -0.339 e. The summed E-state index contributed by atoms with van der Waals surface area (Å²) in [7, 11) is 1.78. The molecule has 3 aromatic rings. The Morgan fingerprint density at radius 2 is 2.00 bits per heavy atom. The molecule has 0 atom stereocenters. The Morgan fingerprint density at radius 3 is 2.67 bits per heavy atom. The van der Waals surface area contributed by atoms with Crippen LogP contribution in [-0.4, -0.2) is 15.0 Å². The molecule has 3 rings (SSSR count). The molecular formula is C18H18ClN3O2. The number of hydrogen-bond acceptors (Lipinski definition) is 2. The average molecular weight is 344 g/mol. The van der Waals surface area contributed by atoms with E-state index in [0.29, 0.717) is 28.3 Å². The van der Waals surface area contributed by atoms with Crippen molar-refractivity contribution in [3.63, 3.8) is 0 Å². The number of aryl methyl sites for hydroxylation is 3. The summed E-state index contributed by atoms with van der Waals surface area (Å²) in [5.41, 5.74) is 2.66. The summed E-state index contributed by atoms with van der Waals surface area (Å²) in [6, 6.07) is 8.78. The van der Waals surface area contributed by atoms with E-state index < -0.39 is 0 Å². The molecule has 1 aromatic carbocycles. The van der Waals surface area contributed by atoms with Gasteiger partial charge in [0.2, 0.25) is 0 Å². The van der Waals surface area contributed by atoms with E-state index in [0.717, 1.165) is 11.1 Å². The third kappa shape index (κ3) is 2.71. The molecule has 0 saturated heterocycles. The Labute approximate surface area is 144 Å². The summed E-state index contributed by atoms with van der Waals surface area (Å²) in [6.45, 7) is 4.38. The van der Waals surface area contributed by atoms with Crippen LogP contribution in [0.1, 0.15) is 23.0 Å². The molecular weight excluding hydrogens is 326 g/mol. The van der Waals surface area contributed by atoms with Crippen molar-refractivity contribution >= 4 is 34.1 Å². The minimum absolute atomic E-state index is 0.0904. The molecule has 0 radical (unpaired) electrons. The lowest BCUT2D eigenvalue weighted by atomic mass is 10.2. The number of nitrogens with one attached hydrogen (secondary N) is 1. The maximum atomic E-state index is 12.6. The van der Waals surface area contributed by atoms with E-state index in [-0.39, 0.29) is 11.5 Å². The molecule has 6 heteroatoms. The molecule has 0 spiro atoms. The highest BCUT2D eigenvalue weighted by Gasteiger charge is 2.16.